The van der Waals surface area contributed by atoms with E-state index in [0.29, 0.717) is 37.8 Å². The number of carbonyl (C=O) groups excluding carboxylic acids is 4. The number of ether oxygens (including phenoxy) is 4. The standard InChI is InChI=1S/C32H52N4O8/c1-4-7-8-9-19-34-30(38)42-21-11-22-43-31(39)35-20-10-13-26(6-3)25-27-14-16-28(17-15-27)36-32(40)44-24-12-23-41-29(37)33-18-5-2/h4-5,7-9,19,26-28H,1-2,6,10-18,20-25H2,3H3,(H,33,37)(H,34,38)(H,35,39)(H,36,40)/b8-7-,19-9+. The first-order chi connectivity index (χ1) is 21.4. The first-order valence-corrected chi connectivity index (χ1v) is 15.6. The highest BCUT2D eigenvalue weighted by Crippen LogP contribution is 2.32. The van der Waals surface area contributed by atoms with Gasteiger partial charge in [0.05, 0.1) is 26.4 Å². The summed E-state index contributed by atoms with van der Waals surface area (Å²) in [5, 5.41) is 10.7. The molecule has 0 aromatic carbocycles. The summed E-state index contributed by atoms with van der Waals surface area (Å²) in [6, 6.07) is 0.117. The number of allylic oxidation sites excluding steroid dienone is 4. The molecule has 12 nitrogen and oxygen atoms in total. The zero-order chi connectivity index (χ0) is 32.3. The molecule has 0 aromatic rings. The lowest BCUT2D eigenvalue weighted by Crippen LogP contribution is -2.38. The highest BCUT2D eigenvalue weighted by molar-refractivity contribution is 5.69. The molecule has 0 aliphatic heterocycles. The van der Waals surface area contributed by atoms with Gasteiger partial charge in [-0.3, -0.25) is 5.32 Å². The highest BCUT2D eigenvalue weighted by atomic mass is 16.6. The van der Waals surface area contributed by atoms with Gasteiger partial charge in [0.2, 0.25) is 0 Å². The van der Waals surface area contributed by atoms with Crippen LogP contribution in [0.15, 0.2) is 49.7 Å². The van der Waals surface area contributed by atoms with Crippen molar-refractivity contribution in [1.29, 1.82) is 0 Å². The molecule has 0 saturated heterocycles. The Morgan fingerprint density at radius 2 is 1.39 bits per heavy atom. The number of hydrogen-bond acceptors (Lipinski definition) is 8. The molecule has 1 unspecified atom stereocenters. The second-order valence-corrected chi connectivity index (χ2v) is 10.5. The average Bonchev–Trinajstić information content (AvgIpc) is 3.01. The van der Waals surface area contributed by atoms with E-state index in [4.69, 9.17) is 18.9 Å². The number of amides is 4. The Labute approximate surface area is 262 Å². The Kier molecular flexibility index (Phi) is 22.1. The van der Waals surface area contributed by atoms with Crippen molar-refractivity contribution in [3.63, 3.8) is 0 Å². The molecule has 1 fully saturated rings. The fourth-order valence-corrected chi connectivity index (χ4v) is 4.68. The first-order valence-electron chi connectivity index (χ1n) is 15.6. The van der Waals surface area contributed by atoms with E-state index < -0.39 is 24.4 Å². The Morgan fingerprint density at radius 3 is 2.00 bits per heavy atom. The second-order valence-electron chi connectivity index (χ2n) is 10.5. The molecule has 0 aromatic heterocycles. The minimum atomic E-state index is -0.573. The maximum atomic E-state index is 12.1. The number of rotatable bonds is 21. The average molecular weight is 621 g/mol. The van der Waals surface area contributed by atoms with Crippen LogP contribution in [0.1, 0.15) is 71.1 Å². The summed E-state index contributed by atoms with van der Waals surface area (Å²) in [6.07, 6.45) is 16.7. The maximum Gasteiger partial charge on any atom is 0.411 e. The van der Waals surface area contributed by atoms with Crippen LogP contribution in [0.5, 0.6) is 0 Å². The SMILES string of the molecule is C=C/C=C\C=C\NC(=O)OCCCOC(=O)NCCCC(CC)CC1CCC(NC(=O)OCCCOC(=O)NCC=C)CC1. The van der Waals surface area contributed by atoms with Crippen LogP contribution < -0.4 is 21.3 Å². The van der Waals surface area contributed by atoms with E-state index >= 15 is 0 Å². The van der Waals surface area contributed by atoms with Gasteiger partial charge in [0.1, 0.15) is 0 Å². The van der Waals surface area contributed by atoms with Gasteiger partial charge in [-0.1, -0.05) is 44.2 Å². The van der Waals surface area contributed by atoms with Crippen molar-refractivity contribution in [2.45, 2.75) is 77.2 Å². The minimum Gasteiger partial charge on any atom is -0.449 e. The van der Waals surface area contributed by atoms with E-state index in [-0.39, 0.29) is 32.5 Å². The summed E-state index contributed by atoms with van der Waals surface area (Å²) >= 11 is 0. The Bertz CT molecular complexity index is 916. The van der Waals surface area contributed by atoms with Crippen LogP contribution >= 0.6 is 0 Å². The largest absolute Gasteiger partial charge is 0.449 e. The zero-order valence-electron chi connectivity index (χ0n) is 26.2. The quantitative estimate of drug-likeness (QED) is 0.0538. The smallest absolute Gasteiger partial charge is 0.411 e. The van der Waals surface area contributed by atoms with Crippen molar-refractivity contribution in [2.75, 3.05) is 39.5 Å². The third-order valence-corrected chi connectivity index (χ3v) is 7.03. The molecular weight excluding hydrogens is 568 g/mol. The van der Waals surface area contributed by atoms with E-state index in [1.54, 1.807) is 30.4 Å². The molecule has 1 aliphatic carbocycles. The van der Waals surface area contributed by atoms with Gasteiger partial charge in [-0.2, -0.15) is 0 Å². The summed E-state index contributed by atoms with van der Waals surface area (Å²) in [4.78, 5) is 46.8. The zero-order valence-corrected chi connectivity index (χ0v) is 26.2. The van der Waals surface area contributed by atoms with Crippen molar-refractivity contribution in [3.8, 4) is 0 Å². The number of nitrogens with one attached hydrogen (secondary N) is 4. The maximum absolute atomic E-state index is 12.1. The summed E-state index contributed by atoms with van der Waals surface area (Å²) in [6.45, 7) is 10.8. The predicted octanol–water partition coefficient (Wildman–Crippen LogP) is 5.87. The van der Waals surface area contributed by atoms with Gasteiger partial charge >= 0.3 is 24.4 Å². The summed E-state index contributed by atoms with van der Waals surface area (Å²) in [7, 11) is 0. The number of hydrogen-bond donors (Lipinski definition) is 4. The Morgan fingerprint density at radius 1 is 0.773 bits per heavy atom. The fourth-order valence-electron chi connectivity index (χ4n) is 4.68. The molecule has 248 valence electrons. The van der Waals surface area contributed by atoms with Gasteiger partial charge in [-0.15, -0.1) is 6.58 Å². The minimum absolute atomic E-state index is 0.117. The lowest BCUT2D eigenvalue weighted by atomic mass is 9.79. The molecule has 1 rings (SSSR count). The van der Waals surface area contributed by atoms with Crippen molar-refractivity contribution >= 4 is 24.4 Å². The van der Waals surface area contributed by atoms with Crippen LogP contribution in [0.3, 0.4) is 0 Å². The van der Waals surface area contributed by atoms with E-state index in [1.807, 2.05) is 0 Å². The van der Waals surface area contributed by atoms with Gasteiger partial charge in [0.25, 0.3) is 0 Å². The van der Waals surface area contributed by atoms with Gasteiger partial charge in [-0.25, -0.2) is 19.2 Å². The molecule has 44 heavy (non-hydrogen) atoms. The van der Waals surface area contributed by atoms with Crippen molar-refractivity contribution in [2.24, 2.45) is 11.8 Å². The summed E-state index contributed by atoms with van der Waals surface area (Å²) in [5.41, 5.74) is 0. The molecular formula is C32H52N4O8. The molecule has 12 heteroatoms. The third kappa shape index (κ3) is 20.8. The van der Waals surface area contributed by atoms with Gasteiger partial charge in [-0.05, 0) is 62.9 Å². The third-order valence-electron chi connectivity index (χ3n) is 7.03. The van der Waals surface area contributed by atoms with E-state index in [0.717, 1.165) is 51.4 Å². The predicted molar refractivity (Wildman–Crippen MR) is 169 cm³/mol. The molecule has 1 aliphatic rings. The molecule has 4 N–H and O–H groups in total. The van der Waals surface area contributed by atoms with Crippen LogP contribution in [0.4, 0.5) is 19.2 Å². The molecule has 1 atom stereocenters. The fraction of sp³-hybridized carbons (Fsp3) is 0.625. The molecule has 0 spiro atoms. The molecule has 4 amide bonds. The van der Waals surface area contributed by atoms with Crippen LogP contribution in [-0.2, 0) is 18.9 Å². The Balaban J connectivity index is 2.06. The van der Waals surface area contributed by atoms with E-state index in [2.05, 4.69) is 41.3 Å². The van der Waals surface area contributed by atoms with Crippen LogP contribution in [-0.4, -0.2) is 69.9 Å². The van der Waals surface area contributed by atoms with Crippen LogP contribution in [0, 0.1) is 11.8 Å². The van der Waals surface area contributed by atoms with Crippen LogP contribution in [0.25, 0.3) is 0 Å². The number of carbonyl (C=O) groups is 4. The van der Waals surface area contributed by atoms with Gasteiger partial charge < -0.3 is 34.9 Å². The molecule has 0 radical (unpaired) electrons. The van der Waals surface area contributed by atoms with Crippen LogP contribution in [0.2, 0.25) is 0 Å². The second kappa shape index (κ2) is 25.5. The number of alkyl carbamates (subject to hydrolysis) is 4. The monoisotopic (exact) mass is 620 g/mol. The lowest BCUT2D eigenvalue weighted by molar-refractivity contribution is 0.114. The Hall–Kier alpha value is -3.96. The lowest BCUT2D eigenvalue weighted by Gasteiger charge is -2.31. The molecule has 0 bridgehead atoms. The first kappa shape index (κ1) is 38.1. The van der Waals surface area contributed by atoms with E-state index in [9.17, 15) is 19.2 Å². The summed E-state index contributed by atoms with van der Waals surface area (Å²) in [5.74, 6) is 1.22. The topological polar surface area (TPSA) is 153 Å². The normalized spacial score (nSPS) is 16.8. The van der Waals surface area contributed by atoms with Crippen molar-refractivity contribution in [3.05, 3.63) is 49.7 Å². The molecule has 1 saturated carbocycles. The van der Waals surface area contributed by atoms with Crippen molar-refractivity contribution in [1.82, 2.24) is 21.3 Å². The molecule has 0 heterocycles. The van der Waals surface area contributed by atoms with Crippen molar-refractivity contribution < 1.29 is 38.1 Å². The van der Waals surface area contributed by atoms with Gasteiger partial charge in [0, 0.05) is 38.2 Å². The highest BCUT2D eigenvalue weighted by Gasteiger charge is 2.24. The summed E-state index contributed by atoms with van der Waals surface area (Å²) < 4.78 is 20.3. The van der Waals surface area contributed by atoms with Gasteiger partial charge in [0.15, 0.2) is 0 Å². The van der Waals surface area contributed by atoms with E-state index in [1.165, 1.54) is 6.20 Å².